The minimum absolute atomic E-state index is 0.0176. The van der Waals surface area contributed by atoms with Gasteiger partial charge in [-0.3, -0.25) is 4.79 Å². The van der Waals surface area contributed by atoms with Crippen molar-refractivity contribution in [2.75, 3.05) is 7.11 Å². The van der Waals surface area contributed by atoms with E-state index in [1.54, 1.807) is 7.11 Å². The van der Waals surface area contributed by atoms with Crippen LogP contribution >= 0.6 is 0 Å². The molecule has 1 aromatic rings. The fourth-order valence-electron chi connectivity index (χ4n) is 3.63. The SMILES string of the molecule is COc1cc(C)c2c(c1C)[C@@H]1OC(=O)[C@@H](C)[C@H]1CC2. The summed E-state index contributed by atoms with van der Waals surface area (Å²) < 4.78 is 11.1. The van der Waals surface area contributed by atoms with Gasteiger partial charge in [0, 0.05) is 11.5 Å². The number of ether oxygens (including phenoxy) is 2. The lowest BCUT2D eigenvalue weighted by atomic mass is 9.74. The maximum absolute atomic E-state index is 11.8. The lowest BCUT2D eigenvalue weighted by molar-refractivity contribution is -0.144. The molecule has 0 spiro atoms. The highest BCUT2D eigenvalue weighted by atomic mass is 16.6. The van der Waals surface area contributed by atoms with Crippen LogP contribution in [0.25, 0.3) is 0 Å². The van der Waals surface area contributed by atoms with E-state index >= 15 is 0 Å². The van der Waals surface area contributed by atoms with Gasteiger partial charge in [0.05, 0.1) is 13.0 Å². The highest BCUT2D eigenvalue weighted by Gasteiger charge is 2.46. The van der Waals surface area contributed by atoms with Crippen molar-refractivity contribution in [3.63, 3.8) is 0 Å². The van der Waals surface area contributed by atoms with Crippen LogP contribution in [0.15, 0.2) is 6.07 Å². The Kier molecular flexibility index (Phi) is 2.80. The van der Waals surface area contributed by atoms with Crippen molar-refractivity contribution < 1.29 is 14.3 Å². The summed E-state index contributed by atoms with van der Waals surface area (Å²) in [6, 6.07) is 2.09. The van der Waals surface area contributed by atoms with Crippen LogP contribution < -0.4 is 4.74 Å². The molecule has 0 amide bonds. The third-order valence-electron chi connectivity index (χ3n) is 4.80. The van der Waals surface area contributed by atoms with Crippen LogP contribution in [0.5, 0.6) is 5.75 Å². The first-order chi connectivity index (χ1) is 9.04. The van der Waals surface area contributed by atoms with E-state index in [9.17, 15) is 4.79 Å². The van der Waals surface area contributed by atoms with Crippen molar-refractivity contribution in [1.29, 1.82) is 0 Å². The molecule has 3 heteroatoms. The maximum Gasteiger partial charge on any atom is 0.309 e. The number of hydrogen-bond acceptors (Lipinski definition) is 3. The summed E-state index contributed by atoms with van der Waals surface area (Å²) in [7, 11) is 1.69. The summed E-state index contributed by atoms with van der Waals surface area (Å²) in [5.41, 5.74) is 4.92. The molecule has 3 rings (SSSR count). The number of benzene rings is 1. The van der Waals surface area contributed by atoms with Gasteiger partial charge >= 0.3 is 5.97 Å². The van der Waals surface area contributed by atoms with Gasteiger partial charge in [0.1, 0.15) is 11.9 Å². The fourth-order valence-corrected chi connectivity index (χ4v) is 3.63. The summed E-state index contributed by atoms with van der Waals surface area (Å²) in [5, 5.41) is 0. The number of carbonyl (C=O) groups is 1. The average molecular weight is 260 g/mol. The molecular formula is C16H20O3. The van der Waals surface area contributed by atoms with E-state index < -0.39 is 0 Å². The molecule has 2 aliphatic rings. The molecular weight excluding hydrogens is 240 g/mol. The second-order valence-electron chi connectivity index (χ2n) is 5.76. The Morgan fingerprint density at radius 3 is 2.79 bits per heavy atom. The van der Waals surface area contributed by atoms with Crippen LogP contribution in [0.4, 0.5) is 0 Å². The number of aryl methyl sites for hydroxylation is 1. The Hall–Kier alpha value is -1.51. The van der Waals surface area contributed by atoms with Gasteiger partial charge in [-0.1, -0.05) is 6.92 Å². The normalized spacial score (nSPS) is 28.6. The molecule has 0 N–H and O–H groups in total. The molecule has 1 aliphatic carbocycles. The highest BCUT2D eigenvalue weighted by Crippen LogP contribution is 2.49. The smallest absolute Gasteiger partial charge is 0.309 e. The third kappa shape index (κ3) is 1.67. The van der Waals surface area contributed by atoms with Gasteiger partial charge in [-0.05, 0) is 49.4 Å². The minimum Gasteiger partial charge on any atom is -0.496 e. The standard InChI is InChI=1S/C16H20O3/c1-8-7-13(18-4)10(3)14-11(8)5-6-12-9(2)16(17)19-15(12)14/h7,9,12,15H,5-6H2,1-4H3/t9-,12+,15+/m0/s1. The van der Waals surface area contributed by atoms with Gasteiger partial charge in [0.25, 0.3) is 0 Å². The Morgan fingerprint density at radius 2 is 2.11 bits per heavy atom. The van der Waals surface area contributed by atoms with Crippen molar-refractivity contribution in [3.05, 3.63) is 28.3 Å². The molecule has 0 saturated carbocycles. The van der Waals surface area contributed by atoms with Crippen molar-refractivity contribution in [1.82, 2.24) is 0 Å². The second-order valence-corrected chi connectivity index (χ2v) is 5.76. The second kappa shape index (κ2) is 4.26. The molecule has 19 heavy (non-hydrogen) atoms. The molecule has 0 aromatic heterocycles. The Morgan fingerprint density at radius 1 is 1.37 bits per heavy atom. The minimum atomic E-state index is -0.0694. The van der Waals surface area contributed by atoms with Crippen LogP contribution in [0.3, 0.4) is 0 Å². The molecule has 102 valence electrons. The van der Waals surface area contributed by atoms with Gasteiger partial charge in [-0.2, -0.15) is 0 Å². The van der Waals surface area contributed by atoms with E-state index in [-0.39, 0.29) is 18.0 Å². The van der Waals surface area contributed by atoms with Gasteiger partial charge in [0.2, 0.25) is 0 Å². The highest BCUT2D eigenvalue weighted by molar-refractivity contribution is 5.76. The molecule has 1 aromatic carbocycles. The van der Waals surface area contributed by atoms with Crippen LogP contribution in [0.2, 0.25) is 0 Å². The van der Waals surface area contributed by atoms with E-state index in [1.807, 2.05) is 6.92 Å². The topological polar surface area (TPSA) is 35.5 Å². The Bertz CT molecular complexity index is 547. The quantitative estimate of drug-likeness (QED) is 0.728. The number of hydrogen-bond donors (Lipinski definition) is 0. The van der Waals surface area contributed by atoms with E-state index in [2.05, 4.69) is 19.9 Å². The van der Waals surface area contributed by atoms with Gasteiger partial charge in [0.15, 0.2) is 0 Å². The number of fused-ring (bicyclic) bond motifs is 3. The molecule has 1 aliphatic heterocycles. The van der Waals surface area contributed by atoms with Crippen molar-refractivity contribution >= 4 is 5.97 Å². The number of esters is 1. The lowest BCUT2D eigenvalue weighted by Gasteiger charge is -2.31. The zero-order chi connectivity index (χ0) is 13.7. The predicted molar refractivity (Wildman–Crippen MR) is 72.3 cm³/mol. The molecule has 3 nitrogen and oxygen atoms in total. The van der Waals surface area contributed by atoms with Crippen LogP contribution in [-0.4, -0.2) is 13.1 Å². The summed E-state index contributed by atoms with van der Waals surface area (Å²) in [5.74, 6) is 1.18. The van der Waals surface area contributed by atoms with Crippen LogP contribution in [-0.2, 0) is 16.0 Å². The van der Waals surface area contributed by atoms with E-state index in [0.29, 0.717) is 5.92 Å². The summed E-state index contributed by atoms with van der Waals surface area (Å²) in [4.78, 5) is 11.8. The summed E-state index contributed by atoms with van der Waals surface area (Å²) in [6.45, 7) is 6.16. The van der Waals surface area contributed by atoms with E-state index in [4.69, 9.17) is 9.47 Å². The predicted octanol–water partition coefficient (Wildman–Crippen LogP) is 3.11. The van der Waals surface area contributed by atoms with E-state index in [1.165, 1.54) is 16.7 Å². The first kappa shape index (κ1) is 12.5. The van der Waals surface area contributed by atoms with Crippen LogP contribution in [0.1, 0.15) is 41.7 Å². The number of methoxy groups -OCH3 is 1. The molecule has 3 atom stereocenters. The zero-order valence-corrected chi connectivity index (χ0v) is 11.9. The molecule has 1 heterocycles. The van der Waals surface area contributed by atoms with E-state index in [0.717, 1.165) is 24.2 Å². The van der Waals surface area contributed by atoms with Crippen molar-refractivity contribution in [2.24, 2.45) is 11.8 Å². The average Bonchev–Trinajstić information content (AvgIpc) is 2.69. The first-order valence-corrected chi connectivity index (χ1v) is 6.92. The molecule has 0 bridgehead atoms. The molecule has 0 radical (unpaired) electrons. The fraction of sp³-hybridized carbons (Fsp3) is 0.562. The zero-order valence-electron chi connectivity index (χ0n) is 11.9. The molecule has 0 unspecified atom stereocenters. The maximum atomic E-state index is 11.8. The third-order valence-corrected chi connectivity index (χ3v) is 4.80. The first-order valence-electron chi connectivity index (χ1n) is 6.92. The lowest BCUT2D eigenvalue weighted by Crippen LogP contribution is -2.22. The number of carbonyl (C=O) groups excluding carboxylic acids is 1. The number of rotatable bonds is 1. The molecule has 1 fully saturated rings. The summed E-state index contributed by atoms with van der Waals surface area (Å²) >= 11 is 0. The van der Waals surface area contributed by atoms with Gasteiger partial charge in [-0.15, -0.1) is 0 Å². The Balaban J connectivity index is 2.17. The van der Waals surface area contributed by atoms with Crippen molar-refractivity contribution in [2.45, 2.75) is 39.7 Å². The molecule has 1 saturated heterocycles. The monoisotopic (exact) mass is 260 g/mol. The Labute approximate surface area is 113 Å². The van der Waals surface area contributed by atoms with Crippen molar-refractivity contribution in [3.8, 4) is 5.75 Å². The van der Waals surface area contributed by atoms with Crippen LogP contribution in [0, 0.1) is 25.7 Å². The van der Waals surface area contributed by atoms with Gasteiger partial charge in [-0.25, -0.2) is 0 Å². The summed E-state index contributed by atoms with van der Waals surface area (Å²) in [6.07, 6.45) is 2.01. The van der Waals surface area contributed by atoms with Gasteiger partial charge < -0.3 is 9.47 Å². The largest absolute Gasteiger partial charge is 0.496 e.